The molecule has 2 N–H and O–H groups in total. The number of nitrogens with zero attached hydrogens (tertiary/aromatic N) is 1. The summed E-state index contributed by atoms with van der Waals surface area (Å²) < 4.78 is 0. The lowest BCUT2D eigenvalue weighted by Gasteiger charge is -2.10. The van der Waals surface area contributed by atoms with Gasteiger partial charge in [0.1, 0.15) is 5.15 Å². The Bertz CT molecular complexity index is 336. The number of primary amides is 1. The fourth-order valence-electron chi connectivity index (χ4n) is 1.18. The van der Waals surface area contributed by atoms with Crippen LogP contribution in [0.4, 0.5) is 0 Å². The van der Waals surface area contributed by atoms with Crippen LogP contribution in [0.15, 0.2) is 12.3 Å². The molecule has 13 heavy (non-hydrogen) atoms. The number of pyridine rings is 1. The van der Waals surface area contributed by atoms with Crippen LogP contribution in [0.25, 0.3) is 0 Å². The summed E-state index contributed by atoms with van der Waals surface area (Å²) >= 11 is 5.76. The lowest BCUT2D eigenvalue weighted by molar-refractivity contribution is 0.0999. The molecule has 0 unspecified atom stereocenters. The van der Waals surface area contributed by atoms with Crippen LogP contribution in [0.1, 0.15) is 35.7 Å². The zero-order valence-corrected chi connectivity index (χ0v) is 8.30. The van der Waals surface area contributed by atoms with Crippen molar-refractivity contribution in [2.24, 2.45) is 5.73 Å². The van der Waals surface area contributed by atoms with Gasteiger partial charge in [-0.05, 0) is 17.5 Å². The molecule has 0 spiro atoms. The number of rotatable bonds is 2. The Hall–Kier alpha value is -1.09. The highest BCUT2D eigenvalue weighted by Crippen LogP contribution is 2.23. The van der Waals surface area contributed by atoms with Crippen molar-refractivity contribution in [2.45, 2.75) is 19.8 Å². The number of halogens is 1. The topological polar surface area (TPSA) is 56.0 Å². The van der Waals surface area contributed by atoms with Gasteiger partial charge in [-0.2, -0.15) is 0 Å². The van der Waals surface area contributed by atoms with Crippen LogP contribution in [-0.2, 0) is 0 Å². The molecule has 1 aromatic rings. The van der Waals surface area contributed by atoms with Crippen LogP contribution in [-0.4, -0.2) is 10.9 Å². The first-order chi connectivity index (χ1) is 6.04. The van der Waals surface area contributed by atoms with Crippen LogP contribution < -0.4 is 5.73 Å². The van der Waals surface area contributed by atoms with E-state index < -0.39 is 5.91 Å². The Balaban J connectivity index is 3.34. The minimum Gasteiger partial charge on any atom is -0.365 e. The molecule has 0 saturated carbocycles. The third-order valence-electron chi connectivity index (χ3n) is 1.81. The summed E-state index contributed by atoms with van der Waals surface area (Å²) in [5.74, 6) is -0.315. The molecule has 1 aromatic heterocycles. The Morgan fingerprint density at radius 3 is 2.62 bits per heavy atom. The molecular formula is C9H11ClN2O. The third kappa shape index (κ3) is 1.98. The average molecular weight is 199 g/mol. The molecule has 3 nitrogen and oxygen atoms in total. The van der Waals surface area contributed by atoms with Crippen molar-refractivity contribution in [3.8, 4) is 0 Å². The van der Waals surface area contributed by atoms with Crippen molar-refractivity contribution in [1.82, 2.24) is 4.98 Å². The first kappa shape index (κ1) is 9.99. The second-order valence-electron chi connectivity index (χ2n) is 3.08. The molecule has 1 amide bonds. The molecule has 0 fully saturated rings. The fraction of sp³-hybridized carbons (Fsp3) is 0.333. The molecule has 1 heterocycles. The summed E-state index contributed by atoms with van der Waals surface area (Å²) in [4.78, 5) is 14.9. The van der Waals surface area contributed by atoms with E-state index in [1.165, 1.54) is 0 Å². The van der Waals surface area contributed by atoms with Crippen LogP contribution in [0.3, 0.4) is 0 Å². The van der Waals surface area contributed by atoms with Gasteiger partial charge in [-0.3, -0.25) is 4.79 Å². The Kier molecular flexibility index (Phi) is 2.88. The van der Waals surface area contributed by atoms with Gasteiger partial charge in [-0.1, -0.05) is 25.4 Å². The van der Waals surface area contributed by atoms with E-state index in [2.05, 4.69) is 4.98 Å². The van der Waals surface area contributed by atoms with Gasteiger partial charge in [-0.15, -0.1) is 0 Å². The summed E-state index contributed by atoms with van der Waals surface area (Å²) in [7, 11) is 0. The Morgan fingerprint density at radius 1 is 1.62 bits per heavy atom. The number of hydrogen-bond acceptors (Lipinski definition) is 2. The van der Waals surface area contributed by atoms with Gasteiger partial charge in [0.25, 0.3) is 5.91 Å². The maximum Gasteiger partial charge on any atom is 0.252 e. The minimum absolute atomic E-state index is 0.179. The van der Waals surface area contributed by atoms with E-state index >= 15 is 0 Å². The lowest BCUT2D eigenvalue weighted by atomic mass is 9.99. The van der Waals surface area contributed by atoms with E-state index in [-0.39, 0.29) is 11.1 Å². The molecule has 0 saturated heterocycles. The number of aromatic nitrogens is 1. The predicted octanol–water partition coefficient (Wildman–Crippen LogP) is 1.96. The Morgan fingerprint density at radius 2 is 2.23 bits per heavy atom. The average Bonchev–Trinajstić information content (AvgIpc) is 2.02. The van der Waals surface area contributed by atoms with Gasteiger partial charge in [0, 0.05) is 6.20 Å². The molecule has 0 radical (unpaired) electrons. The van der Waals surface area contributed by atoms with Crippen molar-refractivity contribution in [3.05, 3.63) is 28.5 Å². The molecule has 0 aliphatic carbocycles. The maximum atomic E-state index is 11.0. The summed E-state index contributed by atoms with van der Waals surface area (Å²) in [5.41, 5.74) is 6.36. The SMILES string of the molecule is CC(C)c1ccnc(Cl)c1C(N)=O. The molecule has 0 bridgehead atoms. The van der Waals surface area contributed by atoms with Crippen molar-refractivity contribution in [2.75, 3.05) is 0 Å². The molecule has 70 valence electrons. The maximum absolute atomic E-state index is 11.0. The highest BCUT2D eigenvalue weighted by Gasteiger charge is 2.15. The Labute approximate surface area is 81.9 Å². The standard InChI is InChI=1S/C9H11ClN2O/c1-5(2)6-3-4-12-8(10)7(6)9(11)13/h3-5H,1-2H3,(H2,11,13). The van der Waals surface area contributed by atoms with Gasteiger partial charge in [0.15, 0.2) is 0 Å². The van der Waals surface area contributed by atoms with E-state index in [9.17, 15) is 4.79 Å². The zero-order valence-electron chi connectivity index (χ0n) is 7.54. The number of carbonyl (C=O) groups is 1. The summed E-state index contributed by atoms with van der Waals surface area (Å²) in [6.45, 7) is 3.94. The molecule has 0 atom stereocenters. The smallest absolute Gasteiger partial charge is 0.252 e. The van der Waals surface area contributed by atoms with E-state index in [1.54, 1.807) is 12.3 Å². The largest absolute Gasteiger partial charge is 0.365 e. The highest BCUT2D eigenvalue weighted by molar-refractivity contribution is 6.32. The van der Waals surface area contributed by atoms with Crippen molar-refractivity contribution in [1.29, 1.82) is 0 Å². The van der Waals surface area contributed by atoms with Crippen molar-refractivity contribution >= 4 is 17.5 Å². The van der Waals surface area contributed by atoms with E-state index in [0.717, 1.165) is 5.56 Å². The second-order valence-corrected chi connectivity index (χ2v) is 3.44. The molecule has 0 aliphatic heterocycles. The van der Waals surface area contributed by atoms with Crippen LogP contribution in [0.5, 0.6) is 0 Å². The van der Waals surface area contributed by atoms with Gasteiger partial charge >= 0.3 is 0 Å². The number of hydrogen-bond donors (Lipinski definition) is 1. The summed E-state index contributed by atoms with van der Waals surface area (Å²) in [5, 5.41) is 0.179. The minimum atomic E-state index is -0.526. The molecule has 0 aliphatic rings. The molecular weight excluding hydrogens is 188 g/mol. The molecule has 0 aromatic carbocycles. The summed E-state index contributed by atoms with van der Waals surface area (Å²) in [6.07, 6.45) is 1.57. The van der Waals surface area contributed by atoms with Crippen LogP contribution >= 0.6 is 11.6 Å². The fourth-order valence-corrected chi connectivity index (χ4v) is 1.43. The van der Waals surface area contributed by atoms with Gasteiger partial charge < -0.3 is 5.73 Å². The van der Waals surface area contributed by atoms with E-state index in [1.807, 2.05) is 13.8 Å². The summed E-state index contributed by atoms with van der Waals surface area (Å²) in [6, 6.07) is 1.76. The monoisotopic (exact) mass is 198 g/mol. The zero-order chi connectivity index (χ0) is 10.0. The molecule has 4 heteroatoms. The first-order valence-corrected chi connectivity index (χ1v) is 4.36. The highest BCUT2D eigenvalue weighted by atomic mass is 35.5. The van der Waals surface area contributed by atoms with E-state index in [4.69, 9.17) is 17.3 Å². The van der Waals surface area contributed by atoms with Crippen LogP contribution in [0, 0.1) is 0 Å². The normalized spacial score (nSPS) is 10.5. The van der Waals surface area contributed by atoms with Crippen LogP contribution in [0.2, 0.25) is 5.15 Å². The third-order valence-corrected chi connectivity index (χ3v) is 2.09. The van der Waals surface area contributed by atoms with Gasteiger partial charge in [0.2, 0.25) is 0 Å². The van der Waals surface area contributed by atoms with Gasteiger partial charge in [0.05, 0.1) is 5.56 Å². The number of amides is 1. The van der Waals surface area contributed by atoms with E-state index in [0.29, 0.717) is 5.56 Å². The molecule has 1 rings (SSSR count). The van der Waals surface area contributed by atoms with Gasteiger partial charge in [-0.25, -0.2) is 4.98 Å². The van der Waals surface area contributed by atoms with Crippen molar-refractivity contribution in [3.63, 3.8) is 0 Å². The first-order valence-electron chi connectivity index (χ1n) is 3.98. The number of nitrogens with two attached hydrogens (primary N) is 1. The number of carbonyl (C=O) groups excluding carboxylic acids is 1. The predicted molar refractivity (Wildman–Crippen MR) is 51.9 cm³/mol. The lowest BCUT2D eigenvalue weighted by Crippen LogP contribution is -2.15. The quantitative estimate of drug-likeness (QED) is 0.739. The second kappa shape index (κ2) is 3.75. The van der Waals surface area contributed by atoms with Crippen molar-refractivity contribution < 1.29 is 4.79 Å².